The Hall–Kier alpha value is -2.41. The number of aryl methyl sites for hydroxylation is 1. The van der Waals surface area contributed by atoms with E-state index in [-0.39, 0.29) is 24.4 Å². The van der Waals surface area contributed by atoms with Crippen LogP contribution in [0.1, 0.15) is 27.2 Å². The second kappa shape index (κ2) is 8.02. The van der Waals surface area contributed by atoms with Gasteiger partial charge in [0, 0.05) is 36.7 Å². The molecular weight excluding hydrogens is 400 g/mol. The second-order valence-electron chi connectivity index (χ2n) is 8.36. The molecule has 1 aliphatic rings. The minimum Gasteiger partial charge on any atom is -0.378 e. The van der Waals surface area contributed by atoms with Gasteiger partial charge in [0.1, 0.15) is 11.4 Å². The second-order valence-corrected chi connectivity index (χ2v) is 8.36. The SMILES string of the molecule is CCOC1CC(N)(C(=O)Nc2ccc(-c3nc4ccccc4n3C)cc2)C1(C)C.Cl. The Bertz CT molecular complexity index is 1060. The maximum atomic E-state index is 12.9. The normalized spacial score (nSPS) is 22.2. The Morgan fingerprint density at radius 2 is 1.90 bits per heavy atom. The fourth-order valence-corrected chi connectivity index (χ4v) is 4.17. The van der Waals surface area contributed by atoms with Gasteiger partial charge in [-0.1, -0.05) is 26.0 Å². The first kappa shape index (κ1) is 22.3. The van der Waals surface area contributed by atoms with E-state index in [1.165, 1.54) is 0 Å². The summed E-state index contributed by atoms with van der Waals surface area (Å²) in [4.78, 5) is 17.6. The van der Waals surface area contributed by atoms with Gasteiger partial charge in [-0.2, -0.15) is 0 Å². The Kier molecular flexibility index (Phi) is 5.96. The number of rotatable bonds is 5. The van der Waals surface area contributed by atoms with Crippen molar-refractivity contribution in [1.82, 2.24) is 9.55 Å². The monoisotopic (exact) mass is 428 g/mol. The van der Waals surface area contributed by atoms with Gasteiger partial charge in [-0.3, -0.25) is 4.79 Å². The summed E-state index contributed by atoms with van der Waals surface area (Å²) in [7, 11) is 2.01. The maximum Gasteiger partial charge on any atom is 0.245 e. The van der Waals surface area contributed by atoms with Crippen LogP contribution >= 0.6 is 12.4 Å². The van der Waals surface area contributed by atoms with Crippen LogP contribution in [0.25, 0.3) is 22.4 Å². The number of nitrogens with two attached hydrogens (primary N) is 1. The van der Waals surface area contributed by atoms with Crippen LogP contribution in [0.15, 0.2) is 48.5 Å². The Morgan fingerprint density at radius 1 is 1.23 bits per heavy atom. The van der Waals surface area contributed by atoms with Gasteiger partial charge in [0.05, 0.1) is 17.1 Å². The summed E-state index contributed by atoms with van der Waals surface area (Å²) in [5.41, 5.74) is 8.87. The van der Waals surface area contributed by atoms with E-state index in [0.717, 1.165) is 28.1 Å². The lowest BCUT2D eigenvalue weighted by Gasteiger charge is -2.57. The molecule has 0 saturated heterocycles. The third-order valence-electron chi connectivity index (χ3n) is 6.42. The van der Waals surface area contributed by atoms with Crippen molar-refractivity contribution in [2.24, 2.45) is 18.2 Å². The summed E-state index contributed by atoms with van der Waals surface area (Å²) in [5.74, 6) is 0.716. The molecule has 1 saturated carbocycles. The Labute approximate surface area is 183 Å². The number of amides is 1. The first-order valence-electron chi connectivity index (χ1n) is 10.0. The number of aromatic nitrogens is 2. The molecule has 1 aliphatic carbocycles. The average Bonchev–Trinajstić information content (AvgIpc) is 3.05. The van der Waals surface area contributed by atoms with Crippen molar-refractivity contribution >= 4 is 35.0 Å². The maximum absolute atomic E-state index is 12.9. The van der Waals surface area contributed by atoms with Gasteiger partial charge in [-0.15, -0.1) is 12.4 Å². The van der Waals surface area contributed by atoms with Crippen LogP contribution < -0.4 is 11.1 Å². The third-order valence-corrected chi connectivity index (χ3v) is 6.42. The summed E-state index contributed by atoms with van der Waals surface area (Å²) in [6, 6.07) is 15.8. The zero-order valence-electron chi connectivity index (χ0n) is 17.8. The first-order valence-corrected chi connectivity index (χ1v) is 10.0. The van der Waals surface area contributed by atoms with Gasteiger partial charge in [-0.05, 0) is 43.3 Å². The van der Waals surface area contributed by atoms with Gasteiger partial charge in [0.15, 0.2) is 0 Å². The van der Waals surface area contributed by atoms with Crippen LogP contribution in [0.5, 0.6) is 0 Å². The third kappa shape index (κ3) is 3.39. The van der Waals surface area contributed by atoms with Crippen LogP contribution in [-0.4, -0.2) is 33.7 Å². The van der Waals surface area contributed by atoms with E-state index in [1.54, 1.807) is 0 Å². The Morgan fingerprint density at radius 3 is 2.50 bits per heavy atom. The summed E-state index contributed by atoms with van der Waals surface area (Å²) < 4.78 is 7.79. The van der Waals surface area contributed by atoms with Crippen molar-refractivity contribution in [3.63, 3.8) is 0 Å². The highest BCUT2D eigenvalue weighted by Crippen LogP contribution is 2.50. The number of carbonyl (C=O) groups is 1. The molecule has 4 rings (SSSR count). The highest BCUT2D eigenvalue weighted by atomic mass is 35.5. The van der Waals surface area contributed by atoms with Crippen LogP contribution in [0.3, 0.4) is 0 Å². The van der Waals surface area contributed by atoms with Gasteiger partial charge < -0.3 is 20.4 Å². The number of halogens is 1. The van der Waals surface area contributed by atoms with Crippen molar-refractivity contribution in [2.45, 2.75) is 38.8 Å². The van der Waals surface area contributed by atoms with Gasteiger partial charge in [-0.25, -0.2) is 4.98 Å². The van der Waals surface area contributed by atoms with E-state index in [0.29, 0.717) is 13.0 Å². The van der Waals surface area contributed by atoms with E-state index in [1.807, 2.05) is 70.3 Å². The molecule has 0 spiro atoms. The molecule has 1 amide bonds. The van der Waals surface area contributed by atoms with Crippen molar-refractivity contribution in [3.05, 3.63) is 48.5 Å². The number of para-hydroxylation sites is 2. The zero-order valence-corrected chi connectivity index (χ0v) is 18.6. The van der Waals surface area contributed by atoms with E-state index >= 15 is 0 Å². The quantitative estimate of drug-likeness (QED) is 0.640. The molecule has 6 nitrogen and oxygen atoms in total. The molecule has 1 aromatic heterocycles. The van der Waals surface area contributed by atoms with Gasteiger partial charge in [0.2, 0.25) is 5.91 Å². The van der Waals surface area contributed by atoms with Crippen LogP contribution in [0, 0.1) is 5.41 Å². The molecule has 7 heteroatoms. The van der Waals surface area contributed by atoms with Gasteiger partial charge >= 0.3 is 0 Å². The number of imidazole rings is 1. The van der Waals surface area contributed by atoms with Crippen molar-refractivity contribution < 1.29 is 9.53 Å². The molecule has 3 aromatic rings. The van der Waals surface area contributed by atoms with E-state index in [9.17, 15) is 4.79 Å². The van der Waals surface area contributed by atoms with Gasteiger partial charge in [0.25, 0.3) is 0 Å². The number of ether oxygens (including phenoxy) is 1. The fraction of sp³-hybridized carbons (Fsp3) is 0.391. The number of anilines is 1. The van der Waals surface area contributed by atoms with Crippen LogP contribution in [0.2, 0.25) is 0 Å². The summed E-state index contributed by atoms with van der Waals surface area (Å²) in [5, 5.41) is 2.98. The molecule has 0 bridgehead atoms. The largest absolute Gasteiger partial charge is 0.378 e. The highest BCUT2D eigenvalue weighted by Gasteiger charge is 2.62. The number of hydrogen-bond donors (Lipinski definition) is 2. The predicted octanol–water partition coefficient (Wildman–Crippen LogP) is 4.13. The molecule has 1 fully saturated rings. The lowest BCUT2D eigenvalue weighted by Crippen LogP contribution is -2.74. The van der Waals surface area contributed by atoms with E-state index in [2.05, 4.69) is 16.0 Å². The molecule has 1 heterocycles. The van der Waals surface area contributed by atoms with Crippen molar-refractivity contribution in [1.29, 1.82) is 0 Å². The number of benzene rings is 2. The summed E-state index contributed by atoms with van der Waals surface area (Å²) >= 11 is 0. The average molecular weight is 429 g/mol. The Balaban J connectivity index is 0.00000256. The number of hydrogen-bond acceptors (Lipinski definition) is 4. The fourth-order valence-electron chi connectivity index (χ4n) is 4.17. The minimum absolute atomic E-state index is 0. The highest BCUT2D eigenvalue weighted by molar-refractivity contribution is 6.00. The van der Waals surface area contributed by atoms with Crippen molar-refractivity contribution in [3.8, 4) is 11.4 Å². The molecule has 2 aromatic carbocycles. The molecule has 0 radical (unpaired) electrons. The molecule has 0 aliphatic heterocycles. The molecule has 2 unspecified atom stereocenters. The van der Waals surface area contributed by atoms with Crippen molar-refractivity contribution in [2.75, 3.05) is 11.9 Å². The predicted molar refractivity (Wildman–Crippen MR) is 123 cm³/mol. The molecule has 2 atom stereocenters. The topological polar surface area (TPSA) is 82.2 Å². The number of nitrogens with one attached hydrogen (secondary N) is 1. The molecule has 3 N–H and O–H groups in total. The lowest BCUT2D eigenvalue weighted by molar-refractivity contribution is -0.166. The summed E-state index contributed by atoms with van der Waals surface area (Å²) in [6.07, 6.45) is 0.528. The number of fused-ring (bicyclic) bond motifs is 1. The minimum atomic E-state index is -0.942. The van der Waals surface area contributed by atoms with E-state index < -0.39 is 11.0 Å². The molecule has 30 heavy (non-hydrogen) atoms. The smallest absolute Gasteiger partial charge is 0.245 e. The van der Waals surface area contributed by atoms with Crippen LogP contribution in [-0.2, 0) is 16.6 Å². The van der Waals surface area contributed by atoms with Crippen LogP contribution in [0.4, 0.5) is 5.69 Å². The molecule has 160 valence electrons. The lowest BCUT2D eigenvalue weighted by atomic mass is 9.54. The first-order chi connectivity index (χ1) is 13.8. The van der Waals surface area contributed by atoms with E-state index in [4.69, 9.17) is 15.5 Å². The molecular formula is C23H29ClN4O2. The zero-order chi connectivity index (χ0) is 20.8. The number of nitrogens with zero attached hydrogens (tertiary/aromatic N) is 2. The standard InChI is InChI=1S/C23H28N4O2.ClH/c1-5-29-19-14-23(24,22(19,2)3)21(28)25-16-12-10-15(11-13-16)20-26-17-8-6-7-9-18(17)27(20)4;/h6-13,19H,5,14,24H2,1-4H3,(H,25,28);1H. The number of carbonyl (C=O) groups excluding carboxylic acids is 1. The summed E-state index contributed by atoms with van der Waals surface area (Å²) in [6.45, 7) is 6.56.